The monoisotopic (exact) mass is 229 g/mol. The zero-order valence-corrected chi connectivity index (χ0v) is 10.1. The average molecular weight is 229 g/mol. The van der Waals surface area contributed by atoms with Crippen LogP contribution in [0.2, 0.25) is 0 Å². The number of amides is 1. The fourth-order valence-corrected chi connectivity index (χ4v) is 3.40. The highest BCUT2D eigenvalue weighted by atomic mass is 16.2. The molecule has 1 saturated carbocycles. The molecule has 2 unspecified atom stereocenters. The Morgan fingerprint density at radius 2 is 1.82 bits per heavy atom. The van der Waals surface area contributed by atoms with Gasteiger partial charge in [-0.1, -0.05) is 31.0 Å². The van der Waals surface area contributed by atoms with Gasteiger partial charge in [0.05, 0.1) is 0 Å². The highest BCUT2D eigenvalue weighted by Crippen LogP contribution is 2.36. The van der Waals surface area contributed by atoms with Gasteiger partial charge in [-0.05, 0) is 37.3 Å². The Hall–Kier alpha value is -1.31. The first-order valence-electron chi connectivity index (χ1n) is 6.72. The molecular weight excluding hydrogens is 210 g/mol. The summed E-state index contributed by atoms with van der Waals surface area (Å²) < 4.78 is 0. The molecule has 1 aromatic carbocycles. The van der Waals surface area contributed by atoms with E-state index in [9.17, 15) is 4.79 Å². The smallest absolute Gasteiger partial charge is 0.254 e. The van der Waals surface area contributed by atoms with E-state index in [1.165, 1.54) is 32.1 Å². The van der Waals surface area contributed by atoms with Crippen LogP contribution < -0.4 is 0 Å². The van der Waals surface area contributed by atoms with Crippen molar-refractivity contribution in [3.05, 3.63) is 35.9 Å². The van der Waals surface area contributed by atoms with Crippen molar-refractivity contribution < 1.29 is 4.79 Å². The zero-order valence-electron chi connectivity index (χ0n) is 10.1. The predicted molar refractivity (Wildman–Crippen MR) is 67.8 cm³/mol. The van der Waals surface area contributed by atoms with E-state index in [1.54, 1.807) is 0 Å². The van der Waals surface area contributed by atoms with E-state index in [2.05, 4.69) is 4.90 Å². The first kappa shape index (κ1) is 10.8. The Labute approximate surface area is 103 Å². The Bertz CT molecular complexity index is 401. The summed E-state index contributed by atoms with van der Waals surface area (Å²) in [7, 11) is 0. The molecule has 0 bridgehead atoms. The third-order valence-corrected chi connectivity index (χ3v) is 4.29. The molecular formula is C15H19NO. The average Bonchev–Trinajstić information content (AvgIpc) is 2.83. The maximum atomic E-state index is 12.4. The second-order valence-corrected chi connectivity index (χ2v) is 5.27. The van der Waals surface area contributed by atoms with Crippen LogP contribution >= 0.6 is 0 Å². The van der Waals surface area contributed by atoms with Gasteiger partial charge in [0.2, 0.25) is 0 Å². The van der Waals surface area contributed by atoms with Crippen molar-refractivity contribution in [2.45, 2.75) is 38.1 Å². The molecule has 1 aliphatic carbocycles. The third kappa shape index (κ3) is 1.97. The summed E-state index contributed by atoms with van der Waals surface area (Å²) in [6, 6.07) is 10.2. The topological polar surface area (TPSA) is 20.3 Å². The molecule has 0 spiro atoms. The van der Waals surface area contributed by atoms with Crippen LogP contribution in [0.1, 0.15) is 42.5 Å². The second-order valence-electron chi connectivity index (χ2n) is 5.27. The van der Waals surface area contributed by atoms with Crippen LogP contribution in [-0.4, -0.2) is 23.4 Å². The van der Waals surface area contributed by atoms with E-state index in [1.807, 2.05) is 30.3 Å². The summed E-state index contributed by atoms with van der Waals surface area (Å²) in [5.41, 5.74) is 0.846. The molecule has 2 aliphatic rings. The Balaban J connectivity index is 1.79. The van der Waals surface area contributed by atoms with Crippen LogP contribution in [0, 0.1) is 5.92 Å². The molecule has 90 valence electrons. The minimum absolute atomic E-state index is 0.236. The van der Waals surface area contributed by atoms with E-state index in [0.29, 0.717) is 6.04 Å². The SMILES string of the molecule is O=C(c1ccccc1)N1CCC2CCCCC21. The Morgan fingerprint density at radius 3 is 2.65 bits per heavy atom. The zero-order chi connectivity index (χ0) is 11.7. The number of rotatable bonds is 1. The van der Waals surface area contributed by atoms with Gasteiger partial charge < -0.3 is 4.90 Å². The summed E-state index contributed by atoms with van der Waals surface area (Å²) in [5, 5.41) is 0. The molecule has 3 rings (SSSR count). The number of hydrogen-bond acceptors (Lipinski definition) is 1. The number of carbonyl (C=O) groups is 1. The van der Waals surface area contributed by atoms with Gasteiger partial charge in [0.1, 0.15) is 0 Å². The van der Waals surface area contributed by atoms with Crippen molar-refractivity contribution in [2.75, 3.05) is 6.54 Å². The summed E-state index contributed by atoms with van der Waals surface area (Å²) in [5.74, 6) is 1.01. The predicted octanol–water partition coefficient (Wildman–Crippen LogP) is 3.09. The van der Waals surface area contributed by atoms with Crippen LogP contribution in [0.3, 0.4) is 0 Å². The van der Waals surface area contributed by atoms with Gasteiger partial charge in [0, 0.05) is 18.2 Å². The molecule has 17 heavy (non-hydrogen) atoms. The quantitative estimate of drug-likeness (QED) is 0.724. The molecule has 1 amide bonds. The number of carbonyl (C=O) groups excluding carboxylic acids is 1. The largest absolute Gasteiger partial charge is 0.335 e. The van der Waals surface area contributed by atoms with Gasteiger partial charge in [-0.2, -0.15) is 0 Å². The summed E-state index contributed by atoms with van der Waals surface area (Å²) in [6.45, 7) is 0.961. The lowest BCUT2D eigenvalue weighted by Crippen LogP contribution is -2.39. The summed E-state index contributed by atoms with van der Waals surface area (Å²) in [6.07, 6.45) is 6.39. The molecule has 1 heterocycles. The van der Waals surface area contributed by atoms with Crippen molar-refractivity contribution in [3.8, 4) is 0 Å². The standard InChI is InChI=1S/C15H19NO/c17-15(13-7-2-1-3-8-13)16-11-10-12-6-4-5-9-14(12)16/h1-3,7-8,12,14H,4-6,9-11H2. The van der Waals surface area contributed by atoms with Crippen LogP contribution in [0.4, 0.5) is 0 Å². The van der Waals surface area contributed by atoms with E-state index in [0.717, 1.165) is 18.0 Å². The van der Waals surface area contributed by atoms with Gasteiger partial charge >= 0.3 is 0 Å². The fraction of sp³-hybridized carbons (Fsp3) is 0.533. The normalized spacial score (nSPS) is 27.9. The maximum Gasteiger partial charge on any atom is 0.254 e. The third-order valence-electron chi connectivity index (χ3n) is 4.29. The minimum atomic E-state index is 0.236. The van der Waals surface area contributed by atoms with Gasteiger partial charge in [-0.25, -0.2) is 0 Å². The van der Waals surface area contributed by atoms with Gasteiger partial charge in [0.25, 0.3) is 5.91 Å². The van der Waals surface area contributed by atoms with Crippen LogP contribution in [0.25, 0.3) is 0 Å². The number of benzene rings is 1. The molecule has 2 fully saturated rings. The van der Waals surface area contributed by atoms with E-state index >= 15 is 0 Å². The molecule has 0 aromatic heterocycles. The summed E-state index contributed by atoms with van der Waals surface area (Å²) in [4.78, 5) is 14.6. The number of fused-ring (bicyclic) bond motifs is 1. The fourth-order valence-electron chi connectivity index (χ4n) is 3.40. The maximum absolute atomic E-state index is 12.4. The highest BCUT2D eigenvalue weighted by molar-refractivity contribution is 5.94. The molecule has 1 aliphatic heterocycles. The van der Waals surface area contributed by atoms with E-state index in [-0.39, 0.29) is 5.91 Å². The molecule has 1 saturated heterocycles. The van der Waals surface area contributed by atoms with Crippen molar-refractivity contribution in [3.63, 3.8) is 0 Å². The highest BCUT2D eigenvalue weighted by Gasteiger charge is 2.38. The van der Waals surface area contributed by atoms with Crippen molar-refractivity contribution in [2.24, 2.45) is 5.92 Å². The van der Waals surface area contributed by atoms with E-state index < -0.39 is 0 Å². The lowest BCUT2D eigenvalue weighted by molar-refractivity contribution is 0.0690. The lowest BCUT2D eigenvalue weighted by Gasteiger charge is -2.31. The van der Waals surface area contributed by atoms with Crippen molar-refractivity contribution in [1.82, 2.24) is 4.90 Å². The minimum Gasteiger partial charge on any atom is -0.335 e. The summed E-state index contributed by atoms with van der Waals surface area (Å²) >= 11 is 0. The van der Waals surface area contributed by atoms with Gasteiger partial charge in [-0.3, -0.25) is 4.79 Å². The van der Waals surface area contributed by atoms with E-state index in [4.69, 9.17) is 0 Å². The van der Waals surface area contributed by atoms with Crippen LogP contribution in [-0.2, 0) is 0 Å². The van der Waals surface area contributed by atoms with Crippen LogP contribution in [0.5, 0.6) is 0 Å². The van der Waals surface area contributed by atoms with Crippen molar-refractivity contribution in [1.29, 1.82) is 0 Å². The van der Waals surface area contributed by atoms with Gasteiger partial charge in [-0.15, -0.1) is 0 Å². The number of nitrogens with zero attached hydrogens (tertiary/aromatic N) is 1. The number of hydrogen-bond donors (Lipinski definition) is 0. The molecule has 2 nitrogen and oxygen atoms in total. The molecule has 0 radical (unpaired) electrons. The van der Waals surface area contributed by atoms with Crippen LogP contribution in [0.15, 0.2) is 30.3 Å². The first-order chi connectivity index (χ1) is 8.36. The first-order valence-corrected chi connectivity index (χ1v) is 6.72. The molecule has 2 heteroatoms. The van der Waals surface area contributed by atoms with Gasteiger partial charge in [0.15, 0.2) is 0 Å². The Kier molecular flexibility index (Phi) is 2.87. The number of likely N-dealkylation sites (tertiary alicyclic amines) is 1. The molecule has 2 atom stereocenters. The molecule has 0 N–H and O–H groups in total. The Morgan fingerprint density at radius 1 is 1.06 bits per heavy atom. The molecule has 1 aromatic rings. The second kappa shape index (κ2) is 4.52. The lowest BCUT2D eigenvalue weighted by atomic mass is 9.85. The van der Waals surface area contributed by atoms with Crippen molar-refractivity contribution >= 4 is 5.91 Å².